The Bertz CT molecular complexity index is 706. The number of carbonyl (C=O) groups excluding carboxylic acids is 1. The lowest BCUT2D eigenvalue weighted by Gasteiger charge is -2.31. The molecule has 1 aliphatic rings. The molecule has 1 amide bonds. The van der Waals surface area contributed by atoms with E-state index < -0.39 is 0 Å². The van der Waals surface area contributed by atoms with Gasteiger partial charge in [0, 0.05) is 31.5 Å². The van der Waals surface area contributed by atoms with Gasteiger partial charge in [0.2, 0.25) is 17.6 Å². The molecule has 1 aromatic carbocycles. The highest BCUT2D eigenvalue weighted by atomic mass is 16.5. The summed E-state index contributed by atoms with van der Waals surface area (Å²) in [5, 5.41) is 4.01. The molecule has 0 spiro atoms. The van der Waals surface area contributed by atoms with Crippen molar-refractivity contribution in [1.82, 2.24) is 15.0 Å². The molecule has 1 fully saturated rings. The highest BCUT2D eigenvalue weighted by molar-refractivity contribution is 5.76. The number of likely N-dealkylation sites (tertiary alicyclic amines) is 1. The Hall–Kier alpha value is -2.41. The third kappa shape index (κ3) is 4.60. The van der Waals surface area contributed by atoms with E-state index in [0.29, 0.717) is 36.9 Å². The van der Waals surface area contributed by atoms with Gasteiger partial charge in [0.15, 0.2) is 0 Å². The number of aryl methyl sites for hydroxylation is 1. The largest absolute Gasteiger partial charge is 0.497 e. The lowest BCUT2D eigenvalue weighted by molar-refractivity contribution is -0.132. The molecule has 0 saturated carbocycles. The maximum absolute atomic E-state index is 12.3. The van der Waals surface area contributed by atoms with E-state index in [4.69, 9.17) is 15.0 Å². The van der Waals surface area contributed by atoms with Crippen molar-refractivity contribution in [3.63, 3.8) is 0 Å². The first-order valence-electron chi connectivity index (χ1n) is 9.14. The minimum absolute atomic E-state index is 0.204. The number of methoxy groups -OCH3 is 1. The van der Waals surface area contributed by atoms with Gasteiger partial charge in [-0.25, -0.2) is 0 Å². The molecule has 26 heavy (non-hydrogen) atoms. The summed E-state index contributed by atoms with van der Waals surface area (Å²) >= 11 is 0. The zero-order valence-electron chi connectivity index (χ0n) is 15.2. The Kier molecular flexibility index (Phi) is 6.22. The van der Waals surface area contributed by atoms with Crippen LogP contribution in [0.25, 0.3) is 11.4 Å². The zero-order valence-corrected chi connectivity index (χ0v) is 15.2. The fourth-order valence-corrected chi connectivity index (χ4v) is 3.18. The summed E-state index contributed by atoms with van der Waals surface area (Å²) in [6.45, 7) is 2.36. The van der Waals surface area contributed by atoms with Crippen molar-refractivity contribution in [2.75, 3.05) is 26.7 Å². The van der Waals surface area contributed by atoms with Gasteiger partial charge in [-0.1, -0.05) is 5.16 Å². The van der Waals surface area contributed by atoms with Crippen LogP contribution in [-0.4, -0.2) is 47.7 Å². The number of carbonyl (C=O) groups is 1. The highest BCUT2D eigenvalue weighted by Crippen LogP contribution is 2.20. The number of benzene rings is 1. The molecular formula is C19H26N4O3. The predicted molar refractivity (Wildman–Crippen MR) is 97.6 cm³/mol. The quantitative estimate of drug-likeness (QED) is 0.816. The SMILES string of the molecule is COc1ccc(-c2noc(CCCC(=O)N3CCC(CN)CC3)n2)cc1. The first-order valence-corrected chi connectivity index (χ1v) is 9.14. The number of amides is 1. The minimum atomic E-state index is 0.204. The van der Waals surface area contributed by atoms with E-state index in [1.165, 1.54) is 0 Å². The third-order valence-electron chi connectivity index (χ3n) is 4.90. The van der Waals surface area contributed by atoms with Crippen LogP contribution in [0.1, 0.15) is 31.6 Å². The van der Waals surface area contributed by atoms with E-state index in [-0.39, 0.29) is 5.91 Å². The Morgan fingerprint density at radius 1 is 1.31 bits per heavy atom. The second kappa shape index (κ2) is 8.80. The zero-order chi connectivity index (χ0) is 18.4. The van der Waals surface area contributed by atoms with Crippen molar-refractivity contribution in [2.24, 2.45) is 11.7 Å². The maximum Gasteiger partial charge on any atom is 0.226 e. The van der Waals surface area contributed by atoms with Crippen LogP contribution in [0.15, 0.2) is 28.8 Å². The molecule has 7 heteroatoms. The second-order valence-electron chi connectivity index (χ2n) is 6.65. The van der Waals surface area contributed by atoms with Crippen molar-refractivity contribution in [2.45, 2.75) is 32.1 Å². The maximum atomic E-state index is 12.3. The Balaban J connectivity index is 1.45. The van der Waals surface area contributed by atoms with Crippen LogP contribution in [0.3, 0.4) is 0 Å². The number of nitrogens with zero attached hydrogens (tertiary/aromatic N) is 3. The van der Waals surface area contributed by atoms with E-state index in [1.807, 2.05) is 29.2 Å². The normalized spacial score (nSPS) is 15.2. The standard InChI is InChI=1S/C19H26N4O3/c1-25-16-7-5-15(6-8-16)19-21-17(26-22-19)3-2-4-18(24)23-11-9-14(13-20)10-12-23/h5-8,14H,2-4,9-13,20H2,1H3. The predicted octanol–water partition coefficient (Wildman–Crippen LogP) is 2.27. The van der Waals surface area contributed by atoms with Crippen LogP contribution >= 0.6 is 0 Å². The average molecular weight is 358 g/mol. The topological polar surface area (TPSA) is 94.5 Å². The second-order valence-corrected chi connectivity index (χ2v) is 6.65. The summed E-state index contributed by atoms with van der Waals surface area (Å²) in [5.41, 5.74) is 6.57. The Morgan fingerprint density at radius 2 is 2.04 bits per heavy atom. The number of nitrogens with two attached hydrogens (primary N) is 1. The summed E-state index contributed by atoms with van der Waals surface area (Å²) < 4.78 is 10.4. The first-order chi connectivity index (χ1) is 12.7. The fraction of sp³-hybridized carbons (Fsp3) is 0.526. The smallest absolute Gasteiger partial charge is 0.226 e. The van der Waals surface area contributed by atoms with Gasteiger partial charge in [0.25, 0.3) is 0 Å². The van der Waals surface area contributed by atoms with E-state index in [1.54, 1.807) is 7.11 Å². The molecule has 7 nitrogen and oxygen atoms in total. The summed E-state index contributed by atoms with van der Waals surface area (Å²) in [6, 6.07) is 7.50. The first kappa shape index (κ1) is 18.4. The molecule has 1 aromatic heterocycles. The van der Waals surface area contributed by atoms with E-state index in [2.05, 4.69) is 10.1 Å². The molecule has 0 aliphatic carbocycles. The van der Waals surface area contributed by atoms with E-state index >= 15 is 0 Å². The molecule has 0 atom stereocenters. The number of aromatic nitrogens is 2. The van der Waals surface area contributed by atoms with Gasteiger partial charge in [-0.05, 0) is 56.0 Å². The van der Waals surface area contributed by atoms with Crippen LogP contribution in [0.2, 0.25) is 0 Å². The van der Waals surface area contributed by atoms with Gasteiger partial charge in [-0.15, -0.1) is 0 Å². The number of hydrogen-bond donors (Lipinski definition) is 1. The molecule has 0 bridgehead atoms. The number of piperidine rings is 1. The average Bonchev–Trinajstić information content (AvgIpc) is 3.17. The number of ether oxygens (including phenoxy) is 1. The van der Waals surface area contributed by atoms with Gasteiger partial charge < -0.3 is 19.9 Å². The third-order valence-corrected chi connectivity index (χ3v) is 4.90. The molecule has 2 aromatic rings. The van der Waals surface area contributed by atoms with Gasteiger partial charge >= 0.3 is 0 Å². The van der Waals surface area contributed by atoms with Crippen LogP contribution in [0, 0.1) is 5.92 Å². The van der Waals surface area contributed by atoms with Crippen LogP contribution < -0.4 is 10.5 Å². The van der Waals surface area contributed by atoms with E-state index in [0.717, 1.165) is 43.8 Å². The fourth-order valence-electron chi connectivity index (χ4n) is 3.18. The number of rotatable bonds is 7. The molecule has 2 N–H and O–H groups in total. The Labute approximate surface area is 153 Å². The summed E-state index contributed by atoms with van der Waals surface area (Å²) in [7, 11) is 1.63. The van der Waals surface area contributed by atoms with Crippen LogP contribution in [-0.2, 0) is 11.2 Å². The Morgan fingerprint density at radius 3 is 2.69 bits per heavy atom. The van der Waals surface area contributed by atoms with Crippen molar-refractivity contribution < 1.29 is 14.1 Å². The summed E-state index contributed by atoms with van der Waals surface area (Å²) in [6.07, 6.45) is 3.84. The van der Waals surface area contributed by atoms with Gasteiger partial charge in [-0.3, -0.25) is 4.79 Å². The summed E-state index contributed by atoms with van der Waals surface area (Å²) in [4.78, 5) is 18.6. The van der Waals surface area contributed by atoms with Crippen molar-refractivity contribution in [3.8, 4) is 17.1 Å². The van der Waals surface area contributed by atoms with Gasteiger partial charge in [-0.2, -0.15) is 4.98 Å². The van der Waals surface area contributed by atoms with Crippen molar-refractivity contribution in [1.29, 1.82) is 0 Å². The molecule has 1 saturated heterocycles. The molecule has 140 valence electrons. The molecular weight excluding hydrogens is 332 g/mol. The van der Waals surface area contributed by atoms with Crippen molar-refractivity contribution >= 4 is 5.91 Å². The van der Waals surface area contributed by atoms with Gasteiger partial charge in [0.1, 0.15) is 5.75 Å². The number of hydrogen-bond acceptors (Lipinski definition) is 6. The van der Waals surface area contributed by atoms with Crippen LogP contribution in [0.5, 0.6) is 5.75 Å². The van der Waals surface area contributed by atoms with Crippen LogP contribution in [0.4, 0.5) is 0 Å². The lowest BCUT2D eigenvalue weighted by atomic mass is 9.97. The summed E-state index contributed by atoms with van der Waals surface area (Å²) in [5.74, 6) is 2.67. The highest BCUT2D eigenvalue weighted by Gasteiger charge is 2.21. The van der Waals surface area contributed by atoms with Gasteiger partial charge in [0.05, 0.1) is 7.11 Å². The monoisotopic (exact) mass is 358 g/mol. The van der Waals surface area contributed by atoms with E-state index in [9.17, 15) is 4.79 Å². The molecule has 1 aliphatic heterocycles. The molecule has 2 heterocycles. The molecule has 0 radical (unpaired) electrons. The molecule has 3 rings (SSSR count). The molecule has 0 unspecified atom stereocenters. The minimum Gasteiger partial charge on any atom is -0.497 e. The lowest BCUT2D eigenvalue weighted by Crippen LogP contribution is -2.39. The van der Waals surface area contributed by atoms with Crippen molar-refractivity contribution in [3.05, 3.63) is 30.2 Å².